The Morgan fingerprint density at radius 2 is 1.70 bits per heavy atom. The molecule has 0 atom stereocenters. The van der Waals surface area contributed by atoms with Crippen molar-refractivity contribution in [1.29, 1.82) is 10.5 Å². The molecule has 20 heavy (non-hydrogen) atoms. The number of nitrogens with zero attached hydrogens (tertiary/aromatic N) is 3. The Kier molecular flexibility index (Phi) is 6.43. The molecule has 1 amide bonds. The smallest absolute Gasteiger partial charge is 0.262 e. The number of benzene rings is 1. The molecule has 0 spiro atoms. The lowest BCUT2D eigenvalue weighted by atomic mass is 10.3. The van der Waals surface area contributed by atoms with Crippen LogP contribution in [0.3, 0.4) is 0 Å². The zero-order valence-corrected chi connectivity index (χ0v) is 11.2. The van der Waals surface area contributed by atoms with Gasteiger partial charge in [-0.2, -0.15) is 10.5 Å². The second-order valence-corrected chi connectivity index (χ2v) is 3.73. The normalized spacial score (nSPS) is 9.15. The van der Waals surface area contributed by atoms with Crippen molar-refractivity contribution >= 4 is 5.91 Å². The fourth-order valence-electron chi connectivity index (χ4n) is 1.48. The molecule has 6 heteroatoms. The van der Waals surface area contributed by atoms with Crippen molar-refractivity contribution in [2.24, 2.45) is 0 Å². The Morgan fingerprint density at radius 3 is 2.20 bits per heavy atom. The molecule has 0 aliphatic rings. The van der Waals surface area contributed by atoms with Gasteiger partial charge in [0.2, 0.25) is 0 Å². The molecule has 0 bridgehead atoms. The van der Waals surface area contributed by atoms with Crippen LogP contribution in [-0.4, -0.2) is 37.1 Å². The number of ether oxygens (including phenoxy) is 2. The number of nitriles is 2. The van der Waals surface area contributed by atoms with Gasteiger partial charge in [-0.15, -0.1) is 0 Å². The Bertz CT molecular complexity index is 515. The van der Waals surface area contributed by atoms with Crippen molar-refractivity contribution in [1.82, 2.24) is 4.90 Å². The second-order valence-electron chi connectivity index (χ2n) is 3.73. The van der Waals surface area contributed by atoms with Gasteiger partial charge < -0.3 is 14.4 Å². The number of amides is 1. The minimum atomic E-state index is -0.417. The third kappa shape index (κ3) is 4.51. The third-order valence-corrected chi connectivity index (χ3v) is 2.38. The van der Waals surface area contributed by atoms with E-state index >= 15 is 0 Å². The molecule has 104 valence electrons. The van der Waals surface area contributed by atoms with Crippen LogP contribution in [0.15, 0.2) is 24.3 Å². The predicted molar refractivity (Wildman–Crippen MR) is 70.9 cm³/mol. The summed E-state index contributed by atoms with van der Waals surface area (Å²) in [6.07, 6.45) is 0. The summed E-state index contributed by atoms with van der Waals surface area (Å²) in [6, 6.07) is 10.7. The first kappa shape index (κ1) is 15.3. The first-order valence-electron chi connectivity index (χ1n) is 6.09. The molecule has 0 aliphatic heterocycles. The molecule has 1 rings (SSSR count). The van der Waals surface area contributed by atoms with E-state index in [2.05, 4.69) is 0 Å². The second kappa shape index (κ2) is 8.39. The molecule has 0 unspecified atom stereocenters. The van der Waals surface area contributed by atoms with Gasteiger partial charge >= 0.3 is 0 Å². The van der Waals surface area contributed by atoms with E-state index in [1.807, 2.05) is 19.1 Å². The number of hydrogen-bond donors (Lipinski definition) is 0. The van der Waals surface area contributed by atoms with Crippen molar-refractivity contribution in [3.05, 3.63) is 24.3 Å². The SMILES string of the molecule is CCOc1ccccc1OCC(=O)N(CC#N)CC#N. The molecular weight excluding hydrogens is 258 g/mol. The van der Waals surface area contributed by atoms with Crippen molar-refractivity contribution in [2.75, 3.05) is 26.3 Å². The average Bonchev–Trinajstić information content (AvgIpc) is 2.46. The molecule has 0 radical (unpaired) electrons. The standard InChI is InChI=1S/C14H15N3O3/c1-2-19-12-5-3-4-6-13(12)20-11-14(18)17(9-7-15)10-8-16/h3-6H,2,9-11H2,1H3. The summed E-state index contributed by atoms with van der Waals surface area (Å²) in [6.45, 7) is 1.83. The molecule has 0 fully saturated rings. The van der Waals surface area contributed by atoms with Gasteiger partial charge in [-0.05, 0) is 19.1 Å². The monoisotopic (exact) mass is 273 g/mol. The summed E-state index contributed by atoms with van der Waals surface area (Å²) in [4.78, 5) is 13.0. The zero-order chi connectivity index (χ0) is 14.8. The zero-order valence-electron chi connectivity index (χ0n) is 11.2. The summed E-state index contributed by atoms with van der Waals surface area (Å²) in [5.74, 6) is 0.589. The van der Waals surface area contributed by atoms with Crippen molar-refractivity contribution in [3.63, 3.8) is 0 Å². The maximum atomic E-state index is 11.8. The van der Waals surface area contributed by atoms with E-state index in [1.165, 1.54) is 0 Å². The van der Waals surface area contributed by atoms with Crippen LogP contribution in [0.1, 0.15) is 6.92 Å². The lowest BCUT2D eigenvalue weighted by Gasteiger charge is -2.17. The van der Waals surface area contributed by atoms with Crippen molar-refractivity contribution < 1.29 is 14.3 Å². The first-order chi connectivity index (χ1) is 9.72. The van der Waals surface area contributed by atoms with Gasteiger partial charge in [0.05, 0.1) is 18.7 Å². The summed E-state index contributed by atoms with van der Waals surface area (Å²) in [5, 5.41) is 17.2. The molecule has 0 heterocycles. The van der Waals surface area contributed by atoms with Gasteiger partial charge in [0.1, 0.15) is 13.1 Å². The van der Waals surface area contributed by atoms with Crippen LogP contribution in [0.2, 0.25) is 0 Å². The molecule has 0 aliphatic carbocycles. The number of para-hydroxylation sites is 2. The summed E-state index contributed by atoms with van der Waals surface area (Å²) < 4.78 is 10.8. The maximum absolute atomic E-state index is 11.8. The highest BCUT2D eigenvalue weighted by atomic mass is 16.5. The largest absolute Gasteiger partial charge is 0.490 e. The highest BCUT2D eigenvalue weighted by Crippen LogP contribution is 2.26. The fraction of sp³-hybridized carbons (Fsp3) is 0.357. The summed E-state index contributed by atoms with van der Waals surface area (Å²) in [5.41, 5.74) is 0. The van der Waals surface area contributed by atoms with Gasteiger partial charge in [0.25, 0.3) is 5.91 Å². The molecular formula is C14H15N3O3. The molecule has 0 N–H and O–H groups in total. The maximum Gasteiger partial charge on any atom is 0.262 e. The summed E-state index contributed by atoms with van der Waals surface area (Å²) in [7, 11) is 0. The highest BCUT2D eigenvalue weighted by molar-refractivity contribution is 5.78. The Morgan fingerprint density at radius 1 is 1.15 bits per heavy atom. The predicted octanol–water partition coefficient (Wildman–Crippen LogP) is 1.34. The molecule has 1 aromatic rings. The number of carbonyl (C=O) groups excluding carboxylic acids is 1. The first-order valence-corrected chi connectivity index (χ1v) is 6.09. The average molecular weight is 273 g/mol. The van der Waals surface area contributed by atoms with Crippen LogP contribution in [0.5, 0.6) is 11.5 Å². The van der Waals surface area contributed by atoms with Crippen molar-refractivity contribution in [3.8, 4) is 23.6 Å². The number of carbonyl (C=O) groups is 1. The molecule has 1 aromatic carbocycles. The molecule has 0 saturated heterocycles. The lowest BCUT2D eigenvalue weighted by molar-refractivity contribution is -0.132. The van der Waals surface area contributed by atoms with Gasteiger partial charge in [-0.25, -0.2) is 0 Å². The number of rotatable bonds is 7. The van der Waals surface area contributed by atoms with E-state index in [0.717, 1.165) is 4.90 Å². The van der Waals surface area contributed by atoms with Crippen molar-refractivity contribution in [2.45, 2.75) is 6.92 Å². The quantitative estimate of drug-likeness (QED) is 0.700. The van der Waals surface area contributed by atoms with E-state index in [1.54, 1.807) is 24.3 Å². The van der Waals surface area contributed by atoms with E-state index in [-0.39, 0.29) is 19.7 Å². The third-order valence-electron chi connectivity index (χ3n) is 2.38. The van der Waals surface area contributed by atoms with Gasteiger partial charge in [0, 0.05) is 0 Å². The van der Waals surface area contributed by atoms with Gasteiger partial charge in [0.15, 0.2) is 18.1 Å². The van der Waals surface area contributed by atoms with E-state index in [9.17, 15) is 4.79 Å². The Hall–Kier alpha value is -2.73. The van der Waals surface area contributed by atoms with E-state index < -0.39 is 5.91 Å². The Labute approximate surface area is 117 Å². The van der Waals surface area contributed by atoms with Gasteiger partial charge in [-0.1, -0.05) is 12.1 Å². The van der Waals surface area contributed by atoms with E-state index in [0.29, 0.717) is 18.1 Å². The van der Waals surface area contributed by atoms with Crippen LogP contribution >= 0.6 is 0 Å². The van der Waals surface area contributed by atoms with Gasteiger partial charge in [-0.3, -0.25) is 4.79 Å². The Balaban J connectivity index is 2.64. The van der Waals surface area contributed by atoms with Crippen LogP contribution in [-0.2, 0) is 4.79 Å². The van der Waals surface area contributed by atoms with Crippen LogP contribution in [0.4, 0.5) is 0 Å². The van der Waals surface area contributed by atoms with Crippen LogP contribution in [0, 0.1) is 22.7 Å². The lowest BCUT2D eigenvalue weighted by Crippen LogP contribution is -2.35. The number of hydrogen-bond acceptors (Lipinski definition) is 5. The topological polar surface area (TPSA) is 86.3 Å². The fourth-order valence-corrected chi connectivity index (χ4v) is 1.48. The summed E-state index contributed by atoms with van der Waals surface area (Å²) >= 11 is 0. The molecule has 0 saturated carbocycles. The molecule has 0 aromatic heterocycles. The van der Waals surface area contributed by atoms with E-state index in [4.69, 9.17) is 20.0 Å². The van der Waals surface area contributed by atoms with Crippen LogP contribution < -0.4 is 9.47 Å². The highest BCUT2D eigenvalue weighted by Gasteiger charge is 2.14. The minimum Gasteiger partial charge on any atom is -0.490 e. The minimum absolute atomic E-state index is 0.136. The van der Waals surface area contributed by atoms with Crippen LogP contribution in [0.25, 0.3) is 0 Å². The molecule has 6 nitrogen and oxygen atoms in total.